The Balaban J connectivity index is 1.15. The number of benzene rings is 3. The number of nitrogens with one attached hydrogen (secondary N) is 4. The second-order valence-electron chi connectivity index (χ2n) is 11.5. The van der Waals surface area contributed by atoms with Crippen molar-refractivity contribution in [3.05, 3.63) is 145 Å². The molecule has 2 aromatic heterocycles. The van der Waals surface area contributed by atoms with Crippen LogP contribution in [0.2, 0.25) is 0 Å². The van der Waals surface area contributed by atoms with E-state index in [4.69, 9.17) is 9.57 Å². The molecule has 2 unspecified atom stereocenters. The van der Waals surface area contributed by atoms with Crippen molar-refractivity contribution in [2.24, 2.45) is 0 Å². The maximum Gasteiger partial charge on any atom is 0.325 e. The summed E-state index contributed by atoms with van der Waals surface area (Å²) in [6.45, 7) is 3.33. The number of ether oxygens (including phenoxy) is 1. The minimum absolute atomic E-state index is 0.0371. The summed E-state index contributed by atoms with van der Waals surface area (Å²) in [5, 5.41) is 18.3. The number of aliphatic carboxylic acids is 1. The first kappa shape index (κ1) is 34.6. The van der Waals surface area contributed by atoms with Crippen LogP contribution in [0.3, 0.4) is 0 Å². The van der Waals surface area contributed by atoms with Crippen LogP contribution in [0.4, 0.5) is 17.1 Å². The van der Waals surface area contributed by atoms with Gasteiger partial charge in [0.2, 0.25) is 5.91 Å². The SMILES string of the molecule is CC(Nc1cccc(OCNC(CCONc2cc[n+](Cc3ccccc3)cc2)C(=O)Nc2cc[n+](Cc3ccccc3)cc2)c1)C(=O)O. The highest BCUT2D eigenvalue weighted by Crippen LogP contribution is 2.18. The van der Waals surface area contributed by atoms with Crippen molar-refractivity contribution < 1.29 is 33.4 Å². The van der Waals surface area contributed by atoms with Gasteiger partial charge in [0.25, 0.3) is 0 Å². The third kappa shape index (κ3) is 11.5. The van der Waals surface area contributed by atoms with Crippen LogP contribution in [0.1, 0.15) is 24.5 Å². The third-order valence-electron chi connectivity index (χ3n) is 7.64. The maximum atomic E-state index is 13.4. The highest BCUT2D eigenvalue weighted by atomic mass is 16.6. The Morgan fingerprint density at radius 1 is 0.735 bits per heavy atom. The molecule has 0 aliphatic heterocycles. The molecule has 0 bridgehead atoms. The highest BCUT2D eigenvalue weighted by Gasteiger charge is 2.19. The lowest BCUT2D eigenvalue weighted by Gasteiger charge is -2.19. The molecule has 5 rings (SSSR count). The molecule has 5 aromatic rings. The van der Waals surface area contributed by atoms with E-state index >= 15 is 0 Å². The molecule has 0 aliphatic rings. The van der Waals surface area contributed by atoms with Crippen LogP contribution >= 0.6 is 0 Å². The summed E-state index contributed by atoms with van der Waals surface area (Å²) in [5.41, 5.74) is 7.43. The minimum atomic E-state index is -0.957. The van der Waals surface area contributed by atoms with E-state index in [0.29, 0.717) is 23.5 Å². The fourth-order valence-electron chi connectivity index (χ4n) is 4.94. The van der Waals surface area contributed by atoms with E-state index in [1.54, 1.807) is 31.2 Å². The van der Waals surface area contributed by atoms with E-state index in [9.17, 15) is 14.7 Å². The number of anilines is 3. The lowest BCUT2D eigenvalue weighted by atomic mass is 10.2. The second-order valence-corrected chi connectivity index (χ2v) is 11.5. The summed E-state index contributed by atoms with van der Waals surface area (Å²) in [6, 6.07) is 33.6. The molecule has 0 saturated heterocycles. The molecular weight excluding hydrogens is 620 g/mol. The van der Waals surface area contributed by atoms with E-state index < -0.39 is 18.1 Å². The fourth-order valence-corrected chi connectivity index (χ4v) is 4.94. The van der Waals surface area contributed by atoms with Crippen LogP contribution in [-0.2, 0) is 27.5 Å². The van der Waals surface area contributed by atoms with Crippen LogP contribution in [0.25, 0.3) is 0 Å². The second kappa shape index (κ2) is 17.9. The van der Waals surface area contributed by atoms with Gasteiger partial charge in [0, 0.05) is 47.1 Å². The zero-order chi connectivity index (χ0) is 34.3. The topological polar surface area (TPSA) is 129 Å². The van der Waals surface area contributed by atoms with Crippen molar-refractivity contribution in [3.63, 3.8) is 0 Å². The number of rotatable bonds is 18. The number of carboxylic acids is 1. The van der Waals surface area contributed by atoms with E-state index in [1.165, 1.54) is 11.1 Å². The normalized spacial score (nSPS) is 12.0. The van der Waals surface area contributed by atoms with Gasteiger partial charge in [-0.25, -0.2) is 9.13 Å². The van der Waals surface area contributed by atoms with Crippen molar-refractivity contribution in [1.29, 1.82) is 0 Å². The number of hydrogen-bond acceptors (Lipinski definition) is 7. The van der Waals surface area contributed by atoms with Gasteiger partial charge in [-0.15, -0.1) is 0 Å². The molecule has 252 valence electrons. The fraction of sp³-hybridized carbons (Fsp3) is 0.211. The molecule has 2 atom stereocenters. The summed E-state index contributed by atoms with van der Waals surface area (Å²) in [7, 11) is 0. The first-order valence-corrected chi connectivity index (χ1v) is 16.1. The molecular formula is C38H42N6O5+2. The van der Waals surface area contributed by atoms with Gasteiger partial charge in [0.15, 0.2) is 37.9 Å². The van der Waals surface area contributed by atoms with Gasteiger partial charge in [0.05, 0.1) is 24.0 Å². The summed E-state index contributed by atoms with van der Waals surface area (Å²) in [5.74, 6) is -0.672. The number of aromatic nitrogens is 2. The first-order valence-electron chi connectivity index (χ1n) is 16.1. The van der Waals surface area contributed by atoms with Gasteiger partial charge in [-0.1, -0.05) is 66.7 Å². The number of nitrogens with zero attached hydrogens (tertiary/aromatic N) is 2. The number of pyridine rings is 2. The highest BCUT2D eigenvalue weighted by molar-refractivity contribution is 5.94. The molecule has 0 fully saturated rings. The lowest BCUT2D eigenvalue weighted by molar-refractivity contribution is -0.688. The molecule has 0 saturated carbocycles. The Morgan fingerprint density at radius 2 is 1.33 bits per heavy atom. The molecule has 3 aromatic carbocycles. The summed E-state index contributed by atoms with van der Waals surface area (Å²) in [4.78, 5) is 30.4. The smallest absolute Gasteiger partial charge is 0.325 e. The van der Waals surface area contributed by atoms with E-state index in [0.717, 1.165) is 18.8 Å². The predicted octanol–water partition coefficient (Wildman–Crippen LogP) is 4.61. The van der Waals surface area contributed by atoms with Gasteiger partial charge >= 0.3 is 5.97 Å². The Labute approximate surface area is 286 Å². The molecule has 1 amide bonds. The van der Waals surface area contributed by atoms with E-state index in [2.05, 4.69) is 50.3 Å². The van der Waals surface area contributed by atoms with Crippen LogP contribution in [-0.4, -0.2) is 42.4 Å². The van der Waals surface area contributed by atoms with Crippen molar-refractivity contribution in [3.8, 4) is 5.75 Å². The Hall–Kier alpha value is -5.78. The summed E-state index contributed by atoms with van der Waals surface area (Å²) in [6.07, 6.45) is 8.16. The standard InChI is InChI=1S/C38H40N6O5/c1-29(38(46)47)40-34-13-8-14-35(25-34)48-28-39-36(37(45)41-32-15-20-43(21-16-32)26-30-9-4-2-5-10-30)19-24-49-42-33-17-22-44(23-18-33)27-31-11-6-3-7-12-31/h2-18,20-23,25,29,36,39-40H,19,24,26-28H2,1H3,(H,46,47)/p+2. The van der Waals surface area contributed by atoms with Gasteiger partial charge in [-0.05, 0) is 25.5 Å². The number of carbonyl (C=O) groups is 2. The van der Waals surface area contributed by atoms with Gasteiger partial charge < -0.3 is 20.5 Å². The van der Waals surface area contributed by atoms with Gasteiger partial charge in [-0.2, -0.15) is 0 Å². The summed E-state index contributed by atoms with van der Waals surface area (Å²) >= 11 is 0. The zero-order valence-electron chi connectivity index (χ0n) is 27.4. The number of carboxylic acid groups (broad SMARTS) is 1. The quantitative estimate of drug-likeness (QED) is 0.0399. The van der Waals surface area contributed by atoms with Crippen LogP contribution in [0, 0.1) is 0 Å². The molecule has 0 aliphatic carbocycles. The van der Waals surface area contributed by atoms with Gasteiger partial charge in [-0.3, -0.25) is 25.2 Å². The zero-order valence-corrected chi connectivity index (χ0v) is 27.4. The van der Waals surface area contributed by atoms with Crippen molar-refractivity contribution in [2.75, 3.05) is 29.5 Å². The number of amides is 1. The average molecular weight is 663 g/mol. The van der Waals surface area contributed by atoms with Crippen molar-refractivity contribution >= 4 is 28.9 Å². The van der Waals surface area contributed by atoms with Gasteiger partial charge in [0.1, 0.15) is 18.5 Å². The molecule has 11 heteroatoms. The minimum Gasteiger partial charge on any atom is -0.480 e. The Kier molecular flexibility index (Phi) is 12.7. The molecule has 5 N–H and O–H groups in total. The summed E-state index contributed by atoms with van der Waals surface area (Å²) < 4.78 is 10.0. The average Bonchev–Trinajstić information content (AvgIpc) is 3.12. The van der Waals surface area contributed by atoms with E-state index in [1.807, 2.05) is 90.0 Å². The lowest BCUT2D eigenvalue weighted by Crippen LogP contribution is -2.43. The third-order valence-corrected chi connectivity index (χ3v) is 7.64. The van der Waals surface area contributed by atoms with Crippen molar-refractivity contribution in [2.45, 2.75) is 38.5 Å². The maximum absolute atomic E-state index is 13.4. The number of hydrogen-bond donors (Lipinski definition) is 5. The van der Waals surface area contributed by atoms with Crippen LogP contribution < -0.4 is 35.3 Å². The molecule has 0 radical (unpaired) electrons. The Bertz CT molecular complexity index is 1760. The van der Waals surface area contributed by atoms with E-state index in [-0.39, 0.29) is 19.2 Å². The number of carbonyl (C=O) groups excluding carboxylic acids is 1. The molecule has 49 heavy (non-hydrogen) atoms. The first-order chi connectivity index (χ1) is 23.9. The monoisotopic (exact) mass is 662 g/mol. The van der Waals surface area contributed by atoms with Crippen LogP contribution in [0.5, 0.6) is 5.75 Å². The predicted molar refractivity (Wildman–Crippen MR) is 187 cm³/mol. The molecule has 2 heterocycles. The van der Waals surface area contributed by atoms with Crippen LogP contribution in [0.15, 0.2) is 134 Å². The largest absolute Gasteiger partial charge is 0.480 e. The molecule has 0 spiro atoms. The molecule has 11 nitrogen and oxygen atoms in total. The Morgan fingerprint density at radius 3 is 1.92 bits per heavy atom. The van der Waals surface area contributed by atoms with Crippen molar-refractivity contribution in [1.82, 2.24) is 5.32 Å².